The minimum atomic E-state index is -0.682. The SMILES string of the molecule is CC(O)(C1CNC1)C1CNCCO1. The molecule has 2 heterocycles. The molecule has 0 bridgehead atoms. The Balaban J connectivity index is 1.94. The van der Waals surface area contributed by atoms with Crippen molar-refractivity contribution >= 4 is 0 Å². The van der Waals surface area contributed by atoms with Crippen molar-refractivity contribution < 1.29 is 9.84 Å². The second-order valence-corrected chi connectivity index (χ2v) is 4.14. The van der Waals surface area contributed by atoms with Crippen LogP contribution in [-0.2, 0) is 4.74 Å². The van der Waals surface area contributed by atoms with E-state index in [2.05, 4.69) is 10.6 Å². The van der Waals surface area contributed by atoms with Crippen molar-refractivity contribution in [3.05, 3.63) is 0 Å². The predicted octanol–water partition coefficient (Wildman–Crippen LogP) is -1.05. The summed E-state index contributed by atoms with van der Waals surface area (Å²) < 4.78 is 5.56. The van der Waals surface area contributed by atoms with Gasteiger partial charge in [0.25, 0.3) is 0 Å². The molecule has 2 aliphatic rings. The Labute approximate surface area is 78.7 Å². The number of rotatable bonds is 2. The summed E-state index contributed by atoms with van der Waals surface area (Å²) in [4.78, 5) is 0. The maximum absolute atomic E-state index is 10.3. The van der Waals surface area contributed by atoms with Crippen LogP contribution in [0, 0.1) is 5.92 Å². The van der Waals surface area contributed by atoms with Gasteiger partial charge in [-0.2, -0.15) is 0 Å². The van der Waals surface area contributed by atoms with Crippen molar-refractivity contribution in [1.82, 2.24) is 10.6 Å². The Morgan fingerprint density at radius 3 is 2.54 bits per heavy atom. The topological polar surface area (TPSA) is 53.5 Å². The van der Waals surface area contributed by atoms with Gasteiger partial charge in [0.1, 0.15) is 0 Å². The summed E-state index contributed by atoms with van der Waals surface area (Å²) in [6, 6.07) is 0. The van der Waals surface area contributed by atoms with E-state index in [4.69, 9.17) is 4.74 Å². The molecule has 0 aliphatic carbocycles. The molecule has 0 aromatic rings. The van der Waals surface area contributed by atoms with Crippen LogP contribution in [0.15, 0.2) is 0 Å². The Bertz CT molecular complexity index is 174. The molecule has 2 aliphatic heterocycles. The van der Waals surface area contributed by atoms with Crippen LogP contribution >= 0.6 is 0 Å². The van der Waals surface area contributed by atoms with Crippen LogP contribution in [-0.4, -0.2) is 49.6 Å². The van der Waals surface area contributed by atoms with E-state index >= 15 is 0 Å². The van der Waals surface area contributed by atoms with Gasteiger partial charge in [-0.15, -0.1) is 0 Å². The largest absolute Gasteiger partial charge is 0.387 e. The molecule has 4 heteroatoms. The minimum absolute atomic E-state index is 0.0478. The van der Waals surface area contributed by atoms with Gasteiger partial charge in [0, 0.05) is 32.1 Å². The van der Waals surface area contributed by atoms with Crippen LogP contribution in [0.25, 0.3) is 0 Å². The Kier molecular flexibility index (Phi) is 2.55. The number of nitrogens with one attached hydrogen (secondary N) is 2. The van der Waals surface area contributed by atoms with E-state index in [0.29, 0.717) is 12.5 Å². The van der Waals surface area contributed by atoms with Gasteiger partial charge < -0.3 is 20.5 Å². The molecular formula is C9H18N2O2. The van der Waals surface area contributed by atoms with Crippen LogP contribution in [0.4, 0.5) is 0 Å². The fraction of sp³-hybridized carbons (Fsp3) is 1.00. The van der Waals surface area contributed by atoms with E-state index in [9.17, 15) is 5.11 Å². The zero-order chi connectivity index (χ0) is 9.31. The lowest BCUT2D eigenvalue weighted by Gasteiger charge is -2.45. The molecule has 2 saturated heterocycles. The average Bonchev–Trinajstić information content (AvgIpc) is 2.02. The van der Waals surface area contributed by atoms with Crippen LogP contribution in [0.3, 0.4) is 0 Å². The summed E-state index contributed by atoms with van der Waals surface area (Å²) in [5.74, 6) is 0.345. The first-order valence-corrected chi connectivity index (χ1v) is 4.96. The van der Waals surface area contributed by atoms with Crippen LogP contribution < -0.4 is 10.6 Å². The van der Waals surface area contributed by atoms with Gasteiger partial charge in [-0.1, -0.05) is 0 Å². The molecule has 13 heavy (non-hydrogen) atoms. The van der Waals surface area contributed by atoms with Crippen LogP contribution in [0.5, 0.6) is 0 Å². The summed E-state index contributed by atoms with van der Waals surface area (Å²) in [6.45, 7) is 6.08. The maximum atomic E-state index is 10.3. The van der Waals surface area contributed by atoms with Gasteiger partial charge >= 0.3 is 0 Å². The summed E-state index contributed by atoms with van der Waals surface area (Å²) in [5, 5.41) is 16.7. The van der Waals surface area contributed by atoms with E-state index in [0.717, 1.165) is 26.2 Å². The standard InChI is InChI=1S/C9H18N2O2/c1-9(12,7-4-11-5-7)8-6-10-2-3-13-8/h7-8,10-12H,2-6H2,1H3. The van der Waals surface area contributed by atoms with Crippen molar-refractivity contribution in [2.45, 2.75) is 18.6 Å². The normalized spacial score (nSPS) is 35.1. The molecule has 2 rings (SSSR count). The first kappa shape index (κ1) is 9.40. The van der Waals surface area contributed by atoms with Crippen LogP contribution in [0.1, 0.15) is 6.92 Å². The number of hydrogen-bond acceptors (Lipinski definition) is 4. The molecule has 4 nitrogen and oxygen atoms in total. The van der Waals surface area contributed by atoms with Crippen molar-refractivity contribution in [3.8, 4) is 0 Å². The van der Waals surface area contributed by atoms with E-state index in [-0.39, 0.29) is 6.10 Å². The first-order valence-electron chi connectivity index (χ1n) is 4.96. The fourth-order valence-corrected chi connectivity index (χ4v) is 1.91. The molecular weight excluding hydrogens is 168 g/mol. The van der Waals surface area contributed by atoms with Gasteiger partial charge in [0.05, 0.1) is 18.3 Å². The molecule has 2 unspecified atom stereocenters. The first-order chi connectivity index (χ1) is 6.21. The molecule has 0 aromatic heterocycles. The molecule has 0 amide bonds. The van der Waals surface area contributed by atoms with E-state index in [1.165, 1.54) is 0 Å². The average molecular weight is 186 g/mol. The molecule has 76 valence electrons. The minimum Gasteiger partial charge on any atom is -0.387 e. The number of hydrogen-bond donors (Lipinski definition) is 3. The third-order valence-electron chi connectivity index (χ3n) is 3.19. The lowest BCUT2D eigenvalue weighted by Crippen LogP contribution is -2.63. The molecule has 0 saturated carbocycles. The zero-order valence-electron chi connectivity index (χ0n) is 8.05. The highest BCUT2D eigenvalue weighted by Gasteiger charge is 2.43. The highest BCUT2D eigenvalue weighted by Crippen LogP contribution is 2.27. The van der Waals surface area contributed by atoms with Gasteiger partial charge in [0.2, 0.25) is 0 Å². The van der Waals surface area contributed by atoms with Crippen molar-refractivity contribution in [2.75, 3.05) is 32.8 Å². The number of ether oxygens (including phenoxy) is 1. The highest BCUT2D eigenvalue weighted by molar-refractivity contribution is 4.97. The third kappa shape index (κ3) is 1.72. The van der Waals surface area contributed by atoms with E-state index in [1.807, 2.05) is 6.92 Å². The quantitative estimate of drug-likeness (QED) is 0.515. The Morgan fingerprint density at radius 1 is 1.31 bits per heavy atom. The number of aliphatic hydroxyl groups is 1. The summed E-state index contributed by atoms with van der Waals surface area (Å²) in [5.41, 5.74) is -0.682. The Hall–Kier alpha value is -0.160. The lowest BCUT2D eigenvalue weighted by atomic mass is 9.80. The molecule has 3 N–H and O–H groups in total. The highest BCUT2D eigenvalue weighted by atomic mass is 16.5. The third-order valence-corrected chi connectivity index (χ3v) is 3.19. The molecule has 0 aromatic carbocycles. The molecule has 0 radical (unpaired) electrons. The van der Waals surface area contributed by atoms with Crippen molar-refractivity contribution in [2.24, 2.45) is 5.92 Å². The molecule has 2 fully saturated rings. The lowest BCUT2D eigenvalue weighted by molar-refractivity contribution is -0.146. The smallest absolute Gasteiger partial charge is 0.0987 e. The van der Waals surface area contributed by atoms with Crippen molar-refractivity contribution in [1.29, 1.82) is 0 Å². The molecule has 2 atom stereocenters. The van der Waals surface area contributed by atoms with Gasteiger partial charge in [-0.25, -0.2) is 0 Å². The fourth-order valence-electron chi connectivity index (χ4n) is 1.91. The van der Waals surface area contributed by atoms with Gasteiger partial charge in [0.15, 0.2) is 0 Å². The second-order valence-electron chi connectivity index (χ2n) is 4.14. The van der Waals surface area contributed by atoms with Gasteiger partial charge in [-0.3, -0.25) is 0 Å². The van der Waals surface area contributed by atoms with E-state index < -0.39 is 5.60 Å². The monoisotopic (exact) mass is 186 g/mol. The second kappa shape index (κ2) is 3.53. The summed E-state index contributed by atoms with van der Waals surface area (Å²) in [6.07, 6.45) is -0.0478. The van der Waals surface area contributed by atoms with E-state index in [1.54, 1.807) is 0 Å². The van der Waals surface area contributed by atoms with Crippen molar-refractivity contribution in [3.63, 3.8) is 0 Å². The molecule has 0 spiro atoms. The Morgan fingerprint density at radius 2 is 2.08 bits per heavy atom. The number of morpholine rings is 1. The maximum Gasteiger partial charge on any atom is 0.0987 e. The zero-order valence-corrected chi connectivity index (χ0v) is 8.05. The summed E-state index contributed by atoms with van der Waals surface area (Å²) >= 11 is 0. The predicted molar refractivity (Wildman–Crippen MR) is 49.6 cm³/mol. The van der Waals surface area contributed by atoms with Gasteiger partial charge in [-0.05, 0) is 6.92 Å². The summed E-state index contributed by atoms with van der Waals surface area (Å²) in [7, 11) is 0. The van der Waals surface area contributed by atoms with Crippen LogP contribution in [0.2, 0.25) is 0 Å².